The van der Waals surface area contributed by atoms with Crippen LogP contribution in [0.3, 0.4) is 0 Å². The molecule has 0 aliphatic heterocycles. The lowest BCUT2D eigenvalue weighted by molar-refractivity contribution is 0.0702. The van der Waals surface area contributed by atoms with Gasteiger partial charge in [0, 0.05) is 11.4 Å². The van der Waals surface area contributed by atoms with Crippen molar-refractivity contribution in [2.45, 2.75) is 13.5 Å². The maximum absolute atomic E-state index is 10.6. The Labute approximate surface area is 81.6 Å². The van der Waals surface area contributed by atoms with Crippen molar-refractivity contribution in [2.75, 3.05) is 14.1 Å². The van der Waals surface area contributed by atoms with E-state index in [1.54, 1.807) is 6.07 Å². The van der Waals surface area contributed by atoms with Gasteiger partial charge in [0.2, 0.25) is 0 Å². The van der Waals surface area contributed by atoms with Crippen LogP contribution in [0.15, 0.2) is 6.07 Å². The summed E-state index contributed by atoms with van der Waals surface area (Å²) in [5.41, 5.74) is 1.10. The summed E-state index contributed by atoms with van der Waals surface area (Å²) in [6.07, 6.45) is 0. The van der Waals surface area contributed by atoms with Crippen LogP contribution < -0.4 is 0 Å². The summed E-state index contributed by atoms with van der Waals surface area (Å²) >= 11 is 1.34. The van der Waals surface area contributed by atoms with Crippen molar-refractivity contribution in [2.24, 2.45) is 0 Å². The minimum atomic E-state index is -0.835. The highest BCUT2D eigenvalue weighted by atomic mass is 32.1. The van der Waals surface area contributed by atoms with E-state index in [2.05, 4.69) is 0 Å². The van der Waals surface area contributed by atoms with E-state index in [1.807, 2.05) is 25.9 Å². The molecule has 0 fully saturated rings. The van der Waals surface area contributed by atoms with Crippen LogP contribution >= 0.6 is 11.3 Å². The zero-order chi connectivity index (χ0) is 10.0. The highest BCUT2D eigenvalue weighted by Crippen LogP contribution is 2.22. The zero-order valence-corrected chi connectivity index (χ0v) is 8.81. The van der Waals surface area contributed by atoms with Crippen LogP contribution in [0.4, 0.5) is 0 Å². The van der Waals surface area contributed by atoms with Crippen molar-refractivity contribution in [3.05, 3.63) is 21.4 Å². The summed E-state index contributed by atoms with van der Waals surface area (Å²) in [6.45, 7) is 2.76. The summed E-state index contributed by atoms with van der Waals surface area (Å²) in [7, 11) is 3.94. The topological polar surface area (TPSA) is 40.5 Å². The first-order chi connectivity index (χ1) is 6.00. The Morgan fingerprint density at radius 3 is 2.62 bits per heavy atom. The highest BCUT2D eigenvalue weighted by molar-refractivity contribution is 7.14. The fourth-order valence-corrected chi connectivity index (χ4v) is 2.00. The van der Waals surface area contributed by atoms with Crippen LogP contribution in [0.2, 0.25) is 0 Å². The van der Waals surface area contributed by atoms with Crippen molar-refractivity contribution in [3.8, 4) is 0 Å². The number of carboxylic acids is 1. The second-order valence-corrected chi connectivity index (χ2v) is 4.49. The Bertz CT molecular complexity index is 317. The first-order valence-corrected chi connectivity index (χ1v) is 4.79. The van der Waals surface area contributed by atoms with Crippen molar-refractivity contribution in [3.63, 3.8) is 0 Å². The van der Waals surface area contributed by atoms with Gasteiger partial charge in [-0.15, -0.1) is 11.3 Å². The average Bonchev–Trinajstić information content (AvgIpc) is 2.31. The number of nitrogens with zero attached hydrogens (tertiary/aromatic N) is 1. The predicted molar refractivity (Wildman–Crippen MR) is 53.4 cm³/mol. The number of thiophene rings is 1. The van der Waals surface area contributed by atoms with Crippen LogP contribution in [0, 0.1) is 6.92 Å². The number of hydrogen-bond acceptors (Lipinski definition) is 3. The average molecular weight is 199 g/mol. The van der Waals surface area contributed by atoms with Crippen molar-refractivity contribution in [1.29, 1.82) is 0 Å². The second-order valence-electron chi connectivity index (χ2n) is 3.24. The minimum absolute atomic E-state index is 0.425. The number of hydrogen-bond donors (Lipinski definition) is 1. The van der Waals surface area contributed by atoms with E-state index in [9.17, 15) is 4.79 Å². The van der Waals surface area contributed by atoms with Crippen molar-refractivity contribution < 1.29 is 9.90 Å². The zero-order valence-electron chi connectivity index (χ0n) is 8.00. The molecule has 0 aromatic carbocycles. The van der Waals surface area contributed by atoms with Gasteiger partial charge in [0.25, 0.3) is 0 Å². The van der Waals surface area contributed by atoms with Gasteiger partial charge < -0.3 is 10.0 Å². The Morgan fingerprint density at radius 2 is 2.23 bits per heavy atom. The van der Waals surface area contributed by atoms with Crippen molar-refractivity contribution >= 4 is 17.3 Å². The molecule has 0 bridgehead atoms. The smallest absolute Gasteiger partial charge is 0.345 e. The third kappa shape index (κ3) is 2.54. The lowest BCUT2D eigenvalue weighted by Gasteiger charge is -2.07. The van der Waals surface area contributed by atoms with E-state index in [0.29, 0.717) is 4.88 Å². The third-order valence-corrected chi connectivity index (χ3v) is 2.80. The highest BCUT2D eigenvalue weighted by Gasteiger charge is 2.10. The standard InChI is InChI=1S/C9H13NO2S/c1-6-7(5-10(2)3)4-8(13-6)9(11)12/h4H,5H2,1-3H3,(H,11,12). The Morgan fingerprint density at radius 1 is 1.62 bits per heavy atom. The van der Waals surface area contributed by atoms with Crippen LogP contribution in [0.25, 0.3) is 0 Å². The quantitative estimate of drug-likeness (QED) is 0.807. The third-order valence-electron chi connectivity index (χ3n) is 1.72. The Kier molecular flexibility index (Phi) is 3.06. The Hall–Kier alpha value is -0.870. The SMILES string of the molecule is Cc1sc(C(=O)O)cc1CN(C)C. The minimum Gasteiger partial charge on any atom is -0.477 e. The summed E-state index contributed by atoms with van der Waals surface area (Å²) in [6, 6.07) is 1.75. The molecule has 4 heteroatoms. The van der Waals surface area contributed by atoms with E-state index < -0.39 is 5.97 Å². The van der Waals surface area contributed by atoms with Crippen LogP contribution in [0.1, 0.15) is 20.1 Å². The van der Waals surface area contributed by atoms with Gasteiger partial charge >= 0.3 is 5.97 Å². The van der Waals surface area contributed by atoms with Crippen LogP contribution in [0.5, 0.6) is 0 Å². The molecule has 1 aromatic rings. The number of rotatable bonds is 3. The van der Waals surface area contributed by atoms with E-state index in [-0.39, 0.29) is 0 Å². The normalized spacial score (nSPS) is 10.8. The van der Waals surface area contributed by atoms with Gasteiger partial charge in [-0.05, 0) is 32.6 Å². The van der Waals surface area contributed by atoms with Gasteiger partial charge in [-0.3, -0.25) is 0 Å². The number of carboxylic acid groups (broad SMARTS) is 1. The fourth-order valence-electron chi connectivity index (χ4n) is 1.12. The first-order valence-electron chi connectivity index (χ1n) is 3.98. The predicted octanol–water partition coefficient (Wildman–Crippen LogP) is 1.82. The maximum Gasteiger partial charge on any atom is 0.345 e. The molecule has 1 N–H and O–H groups in total. The molecule has 1 aromatic heterocycles. The summed E-state index contributed by atoms with van der Waals surface area (Å²) < 4.78 is 0. The monoisotopic (exact) mass is 199 g/mol. The molecule has 0 aliphatic rings. The molecule has 0 saturated heterocycles. The van der Waals surface area contributed by atoms with E-state index in [4.69, 9.17) is 5.11 Å². The molecule has 0 saturated carbocycles. The molecular formula is C9H13NO2S. The van der Waals surface area contributed by atoms with Gasteiger partial charge in [0.05, 0.1) is 0 Å². The van der Waals surface area contributed by atoms with Gasteiger partial charge in [0.15, 0.2) is 0 Å². The molecule has 0 radical (unpaired) electrons. The molecule has 1 heterocycles. The number of aryl methyl sites for hydroxylation is 1. The molecule has 0 atom stereocenters. The lowest BCUT2D eigenvalue weighted by atomic mass is 10.2. The summed E-state index contributed by atoms with van der Waals surface area (Å²) in [5, 5.41) is 8.75. The lowest BCUT2D eigenvalue weighted by Crippen LogP contribution is -2.10. The van der Waals surface area contributed by atoms with Gasteiger partial charge in [-0.2, -0.15) is 0 Å². The van der Waals surface area contributed by atoms with E-state index in [1.165, 1.54) is 11.3 Å². The largest absolute Gasteiger partial charge is 0.477 e. The number of carbonyl (C=O) groups is 1. The number of aromatic carboxylic acids is 1. The van der Waals surface area contributed by atoms with Crippen molar-refractivity contribution in [1.82, 2.24) is 4.90 Å². The molecule has 0 aliphatic carbocycles. The Balaban J connectivity index is 2.90. The van der Waals surface area contributed by atoms with Gasteiger partial charge in [-0.1, -0.05) is 0 Å². The molecule has 3 nitrogen and oxygen atoms in total. The van der Waals surface area contributed by atoms with E-state index >= 15 is 0 Å². The molecule has 0 unspecified atom stereocenters. The van der Waals surface area contributed by atoms with Gasteiger partial charge in [-0.25, -0.2) is 4.79 Å². The molecule has 13 heavy (non-hydrogen) atoms. The summed E-state index contributed by atoms with van der Waals surface area (Å²) in [4.78, 5) is 14.2. The molecule has 72 valence electrons. The summed E-state index contributed by atoms with van der Waals surface area (Å²) in [5.74, 6) is -0.835. The maximum atomic E-state index is 10.6. The van der Waals surface area contributed by atoms with E-state index in [0.717, 1.165) is 17.0 Å². The molecule has 0 spiro atoms. The van der Waals surface area contributed by atoms with Crippen LogP contribution in [-0.4, -0.2) is 30.1 Å². The molecular weight excluding hydrogens is 186 g/mol. The first kappa shape index (κ1) is 10.2. The molecule has 1 rings (SSSR count). The van der Waals surface area contributed by atoms with Crippen LogP contribution in [-0.2, 0) is 6.54 Å². The fraction of sp³-hybridized carbons (Fsp3) is 0.444. The molecule has 0 amide bonds. The van der Waals surface area contributed by atoms with Gasteiger partial charge in [0.1, 0.15) is 4.88 Å². The second kappa shape index (κ2) is 3.89.